The van der Waals surface area contributed by atoms with E-state index in [1.54, 1.807) is 12.1 Å². The van der Waals surface area contributed by atoms with Crippen LogP contribution in [-0.4, -0.2) is 0 Å². The van der Waals surface area contributed by atoms with Gasteiger partial charge < -0.3 is 4.57 Å². The second kappa shape index (κ2) is 4.16. The lowest BCUT2D eigenvalue weighted by molar-refractivity contribution is 0.592. The van der Waals surface area contributed by atoms with Crippen molar-refractivity contribution in [2.75, 3.05) is 0 Å². The van der Waals surface area contributed by atoms with Gasteiger partial charge in [0.05, 0.1) is 0 Å². The van der Waals surface area contributed by atoms with Crippen molar-refractivity contribution in [1.82, 2.24) is 0 Å². The highest BCUT2D eigenvalue weighted by atomic mass is 31.2. The van der Waals surface area contributed by atoms with Gasteiger partial charge >= 0.3 is 0 Å². The minimum absolute atomic E-state index is 0.313. The molecule has 0 N–H and O–H groups in total. The summed E-state index contributed by atoms with van der Waals surface area (Å²) in [4.78, 5) is 10.1. The zero-order valence-electron chi connectivity index (χ0n) is 7.59. The zero-order chi connectivity index (χ0) is 10.6. The fraction of sp³-hybridized carbons (Fsp3) is 0. The molecule has 0 saturated carbocycles. The van der Waals surface area contributed by atoms with Crippen LogP contribution < -0.4 is 5.30 Å². The van der Waals surface area contributed by atoms with E-state index in [0.29, 0.717) is 11.0 Å². The predicted molar refractivity (Wildman–Crippen MR) is 59.5 cm³/mol. The Balaban J connectivity index is 3.20. The second-order valence-corrected chi connectivity index (χ2v) is 5.35. The number of nitrogens with zero attached hydrogens (tertiary/aromatic N) is 1. The summed E-state index contributed by atoms with van der Waals surface area (Å²) >= 11 is 0. The Hall–Kier alpha value is -1.47. The topological polar surface area (TPSA) is 46.5 Å². The van der Waals surface area contributed by atoms with Gasteiger partial charge in [0.2, 0.25) is 0 Å². The molecular weight excluding hydrogens is 197 g/mol. The summed E-state index contributed by atoms with van der Waals surface area (Å²) in [6.45, 7) is 7.01. The first-order valence-corrected chi connectivity index (χ1v) is 5.81. The lowest BCUT2D eigenvalue weighted by Crippen LogP contribution is -1.99. The highest BCUT2D eigenvalue weighted by Gasteiger charge is 2.15. The number of hydrogen-bond donors (Lipinski definition) is 0. The third-order valence-corrected chi connectivity index (χ3v) is 4.09. The first-order valence-electron chi connectivity index (χ1n) is 3.97. The van der Waals surface area contributed by atoms with Gasteiger partial charge in [-0.15, -0.1) is 4.91 Å². The van der Waals surface area contributed by atoms with Crippen LogP contribution in [-0.2, 0) is 4.57 Å². The maximum Gasteiger partial charge on any atom is 0.156 e. The molecule has 0 atom stereocenters. The summed E-state index contributed by atoms with van der Waals surface area (Å²) in [5.41, 5.74) is 0.313. The fourth-order valence-corrected chi connectivity index (χ4v) is 2.22. The van der Waals surface area contributed by atoms with Gasteiger partial charge in [-0.2, -0.15) is 0 Å². The summed E-state index contributed by atoms with van der Waals surface area (Å²) in [5, 5.41) is 3.36. The van der Waals surface area contributed by atoms with E-state index in [0.717, 1.165) is 0 Å². The maximum atomic E-state index is 12.0. The summed E-state index contributed by atoms with van der Waals surface area (Å²) in [6.07, 6.45) is 0. The molecule has 0 aliphatic rings. The van der Waals surface area contributed by atoms with E-state index in [-0.39, 0.29) is 0 Å². The van der Waals surface area contributed by atoms with E-state index in [2.05, 4.69) is 18.3 Å². The second-order valence-electron chi connectivity index (χ2n) is 2.68. The van der Waals surface area contributed by atoms with Crippen LogP contribution >= 0.6 is 7.14 Å². The largest absolute Gasteiger partial charge is 0.310 e. The summed E-state index contributed by atoms with van der Waals surface area (Å²) in [6, 6.07) is 6.23. The van der Waals surface area contributed by atoms with Crippen molar-refractivity contribution in [3.63, 3.8) is 0 Å². The lowest BCUT2D eigenvalue weighted by atomic mass is 10.3. The van der Waals surface area contributed by atoms with Crippen LogP contribution in [0.15, 0.2) is 54.2 Å². The predicted octanol–water partition coefficient (Wildman–Crippen LogP) is 3.36. The Morgan fingerprint density at radius 2 is 1.64 bits per heavy atom. The van der Waals surface area contributed by atoms with Crippen LogP contribution in [0.2, 0.25) is 0 Å². The normalized spacial score (nSPS) is 10.6. The van der Waals surface area contributed by atoms with Crippen molar-refractivity contribution in [3.05, 3.63) is 54.0 Å². The highest BCUT2D eigenvalue weighted by molar-refractivity contribution is 7.77. The molecule has 0 unspecified atom stereocenters. The fourth-order valence-electron chi connectivity index (χ4n) is 1.03. The summed E-state index contributed by atoms with van der Waals surface area (Å²) in [5.74, 6) is 2.76. The molecule has 0 amide bonds. The molecule has 72 valence electrons. The molecule has 0 spiro atoms. The summed E-state index contributed by atoms with van der Waals surface area (Å²) in [7, 11) is -2.68. The first kappa shape index (κ1) is 10.6. The van der Waals surface area contributed by atoms with Gasteiger partial charge in [0, 0.05) is 5.30 Å². The van der Waals surface area contributed by atoms with Crippen molar-refractivity contribution < 1.29 is 4.57 Å². The van der Waals surface area contributed by atoms with Gasteiger partial charge in [-0.25, -0.2) is 0 Å². The standard InChI is InChI=1S/C10H10NO2P/c1-3-14(13,4-2)10-7-5-9(11-12)6-8-10/h3-8H,1-2H2. The van der Waals surface area contributed by atoms with Crippen LogP contribution in [0.3, 0.4) is 0 Å². The Morgan fingerprint density at radius 1 is 1.14 bits per heavy atom. The smallest absolute Gasteiger partial charge is 0.156 e. The van der Waals surface area contributed by atoms with E-state index in [1.807, 2.05) is 0 Å². The molecule has 14 heavy (non-hydrogen) atoms. The molecule has 0 saturated heterocycles. The minimum atomic E-state index is -2.68. The Labute approximate surface area is 82.5 Å². The van der Waals surface area contributed by atoms with Gasteiger partial charge in [0.25, 0.3) is 0 Å². The van der Waals surface area contributed by atoms with Crippen LogP contribution in [0.1, 0.15) is 0 Å². The molecule has 0 bridgehead atoms. The minimum Gasteiger partial charge on any atom is -0.310 e. The lowest BCUT2D eigenvalue weighted by Gasteiger charge is -2.07. The monoisotopic (exact) mass is 207 g/mol. The molecule has 0 radical (unpaired) electrons. The molecule has 1 rings (SSSR count). The molecule has 4 heteroatoms. The molecule has 0 fully saturated rings. The average Bonchev–Trinajstić information content (AvgIpc) is 2.28. The molecule has 1 aromatic carbocycles. The van der Waals surface area contributed by atoms with Crippen LogP contribution in [0.5, 0.6) is 0 Å². The van der Waals surface area contributed by atoms with Gasteiger partial charge in [0.1, 0.15) is 5.69 Å². The van der Waals surface area contributed by atoms with Crippen molar-refractivity contribution in [3.8, 4) is 0 Å². The van der Waals surface area contributed by atoms with E-state index in [4.69, 9.17) is 0 Å². The van der Waals surface area contributed by atoms with Crippen LogP contribution in [0.25, 0.3) is 0 Å². The van der Waals surface area contributed by atoms with Crippen LogP contribution in [0, 0.1) is 4.91 Å². The maximum absolute atomic E-state index is 12.0. The molecule has 0 aliphatic heterocycles. The molecule has 0 aliphatic carbocycles. The molecule has 0 heterocycles. The van der Waals surface area contributed by atoms with Crippen molar-refractivity contribution in [2.45, 2.75) is 0 Å². The number of nitroso groups, excluding NO2 is 1. The molecular formula is C10H10NO2P. The Bertz CT molecular complexity index is 397. The summed E-state index contributed by atoms with van der Waals surface area (Å²) < 4.78 is 12.0. The van der Waals surface area contributed by atoms with Gasteiger partial charge in [0.15, 0.2) is 7.14 Å². The number of benzene rings is 1. The van der Waals surface area contributed by atoms with Crippen molar-refractivity contribution in [2.24, 2.45) is 5.18 Å². The highest BCUT2D eigenvalue weighted by Crippen LogP contribution is 2.46. The average molecular weight is 207 g/mol. The van der Waals surface area contributed by atoms with E-state index < -0.39 is 7.14 Å². The Morgan fingerprint density at radius 3 is 2.00 bits per heavy atom. The van der Waals surface area contributed by atoms with Gasteiger partial charge in [-0.05, 0) is 41.1 Å². The third kappa shape index (κ3) is 1.88. The quantitative estimate of drug-likeness (QED) is 0.561. The zero-order valence-corrected chi connectivity index (χ0v) is 8.48. The SMILES string of the molecule is C=CP(=O)(C=C)c1ccc(N=O)cc1. The van der Waals surface area contributed by atoms with E-state index in [9.17, 15) is 9.47 Å². The molecule has 1 aromatic rings. The van der Waals surface area contributed by atoms with E-state index in [1.165, 1.54) is 23.8 Å². The van der Waals surface area contributed by atoms with Gasteiger partial charge in [-0.3, -0.25) is 0 Å². The molecule has 3 nitrogen and oxygen atoms in total. The number of hydrogen-bond acceptors (Lipinski definition) is 3. The van der Waals surface area contributed by atoms with Gasteiger partial charge in [-0.1, -0.05) is 13.2 Å². The Kier molecular flexibility index (Phi) is 3.15. The van der Waals surface area contributed by atoms with Crippen molar-refractivity contribution >= 4 is 18.1 Å². The number of rotatable bonds is 4. The van der Waals surface area contributed by atoms with E-state index >= 15 is 0 Å². The third-order valence-electron chi connectivity index (χ3n) is 1.90. The molecule has 0 aromatic heterocycles. The first-order chi connectivity index (χ1) is 6.66. The van der Waals surface area contributed by atoms with Crippen LogP contribution in [0.4, 0.5) is 5.69 Å². The van der Waals surface area contributed by atoms with Crippen molar-refractivity contribution in [1.29, 1.82) is 0 Å².